The summed E-state index contributed by atoms with van der Waals surface area (Å²) in [4.78, 5) is 40.8. The molecule has 2 N–H and O–H groups in total. The smallest absolute Gasteiger partial charge is 0.410 e. The second-order valence-corrected chi connectivity index (χ2v) is 12.5. The lowest BCUT2D eigenvalue weighted by Crippen LogP contribution is -2.54. The van der Waals surface area contributed by atoms with Crippen molar-refractivity contribution >= 4 is 41.2 Å². The predicted octanol–water partition coefficient (Wildman–Crippen LogP) is 6.27. The molecule has 1 heterocycles. The third-order valence-corrected chi connectivity index (χ3v) is 8.37. The predicted molar refractivity (Wildman–Crippen MR) is 160 cm³/mol. The largest absolute Gasteiger partial charge is 0.480 e. The molecule has 1 aliphatic heterocycles. The summed E-state index contributed by atoms with van der Waals surface area (Å²) in [6, 6.07) is 19.7. The molecule has 0 saturated carbocycles. The van der Waals surface area contributed by atoms with E-state index in [0.29, 0.717) is 15.6 Å². The van der Waals surface area contributed by atoms with Crippen molar-refractivity contribution in [2.24, 2.45) is 0 Å². The van der Waals surface area contributed by atoms with E-state index < -0.39 is 35.2 Å². The number of carboxylic acid groups (broad SMARTS) is 1. The lowest BCUT2D eigenvalue weighted by molar-refractivity contribution is -0.159. The average molecular weight is 612 g/mol. The van der Waals surface area contributed by atoms with Crippen molar-refractivity contribution < 1.29 is 29.0 Å². The van der Waals surface area contributed by atoms with Gasteiger partial charge in [0.05, 0.1) is 16.6 Å². The van der Waals surface area contributed by atoms with Gasteiger partial charge in [-0.1, -0.05) is 77.8 Å². The summed E-state index contributed by atoms with van der Waals surface area (Å²) < 4.78 is 11.4. The maximum atomic E-state index is 13.6. The molecule has 8 nitrogen and oxygen atoms in total. The van der Waals surface area contributed by atoms with E-state index in [1.165, 1.54) is 0 Å². The minimum atomic E-state index is -1.64. The van der Waals surface area contributed by atoms with Gasteiger partial charge in [0.2, 0.25) is 0 Å². The molecule has 1 amide bonds. The molecule has 2 atom stereocenters. The highest BCUT2D eigenvalue weighted by Crippen LogP contribution is 2.44. The quantitative estimate of drug-likeness (QED) is 0.304. The number of carboxylic acids is 1. The number of hydrogen-bond donors (Lipinski definition) is 2. The molecular formula is C32H32Cl2N2O6. The topological polar surface area (TPSA) is 105 Å². The van der Waals surface area contributed by atoms with Gasteiger partial charge in [0, 0.05) is 18.9 Å². The average Bonchev–Trinajstić information content (AvgIpc) is 3.49. The van der Waals surface area contributed by atoms with Gasteiger partial charge in [-0.15, -0.1) is 0 Å². The monoisotopic (exact) mass is 610 g/mol. The fourth-order valence-corrected chi connectivity index (χ4v) is 5.96. The molecule has 220 valence electrons. The summed E-state index contributed by atoms with van der Waals surface area (Å²) in [5.41, 5.74) is 2.46. The van der Waals surface area contributed by atoms with Crippen molar-refractivity contribution in [1.29, 1.82) is 0 Å². The minimum absolute atomic E-state index is 0.0289. The van der Waals surface area contributed by atoms with Gasteiger partial charge in [-0.05, 0) is 60.7 Å². The Morgan fingerprint density at radius 1 is 0.976 bits per heavy atom. The van der Waals surface area contributed by atoms with E-state index in [0.717, 1.165) is 27.2 Å². The van der Waals surface area contributed by atoms with Crippen LogP contribution in [0.4, 0.5) is 4.79 Å². The van der Waals surface area contributed by atoms with E-state index in [4.69, 9.17) is 32.7 Å². The Bertz CT molecular complexity index is 1490. The number of nitrogens with zero attached hydrogens (tertiary/aromatic N) is 1. The Kier molecular flexibility index (Phi) is 8.25. The Hall–Kier alpha value is -3.59. The second kappa shape index (κ2) is 11.6. The van der Waals surface area contributed by atoms with Crippen LogP contribution in [0.1, 0.15) is 49.8 Å². The van der Waals surface area contributed by atoms with E-state index in [2.05, 4.69) is 5.32 Å². The van der Waals surface area contributed by atoms with Crippen LogP contribution in [-0.4, -0.2) is 58.4 Å². The van der Waals surface area contributed by atoms with E-state index in [-0.39, 0.29) is 32.0 Å². The van der Waals surface area contributed by atoms with Crippen LogP contribution in [0, 0.1) is 0 Å². The van der Waals surface area contributed by atoms with Gasteiger partial charge in [0.1, 0.15) is 23.8 Å². The maximum Gasteiger partial charge on any atom is 0.410 e. The number of halogens is 2. The van der Waals surface area contributed by atoms with Crippen molar-refractivity contribution in [3.63, 3.8) is 0 Å². The van der Waals surface area contributed by atoms with Crippen LogP contribution in [-0.2, 0) is 25.6 Å². The first-order chi connectivity index (χ1) is 19.9. The molecule has 1 aliphatic carbocycles. The first kappa shape index (κ1) is 29.9. The minimum Gasteiger partial charge on any atom is -0.480 e. The van der Waals surface area contributed by atoms with Crippen molar-refractivity contribution in [2.45, 2.75) is 56.8 Å². The third kappa shape index (κ3) is 5.98. The van der Waals surface area contributed by atoms with Gasteiger partial charge in [0.25, 0.3) is 0 Å². The van der Waals surface area contributed by atoms with Gasteiger partial charge < -0.3 is 14.6 Å². The van der Waals surface area contributed by atoms with Crippen LogP contribution in [0.25, 0.3) is 11.1 Å². The molecule has 3 aromatic carbocycles. The first-order valence-corrected chi connectivity index (χ1v) is 14.4. The number of fused-ring (bicyclic) bond motifs is 3. The number of hydrogen-bond acceptors (Lipinski definition) is 6. The third-order valence-electron chi connectivity index (χ3n) is 7.63. The Balaban J connectivity index is 1.38. The van der Waals surface area contributed by atoms with Crippen LogP contribution >= 0.6 is 23.2 Å². The lowest BCUT2D eigenvalue weighted by atomic mass is 9.95. The van der Waals surface area contributed by atoms with Crippen LogP contribution in [0.5, 0.6) is 0 Å². The zero-order valence-corrected chi connectivity index (χ0v) is 25.0. The van der Waals surface area contributed by atoms with Gasteiger partial charge in [-0.3, -0.25) is 15.0 Å². The van der Waals surface area contributed by atoms with Crippen LogP contribution in [0.15, 0.2) is 66.7 Å². The van der Waals surface area contributed by atoms with Crippen molar-refractivity contribution in [3.8, 4) is 11.1 Å². The van der Waals surface area contributed by atoms with Crippen molar-refractivity contribution in [2.75, 3.05) is 13.2 Å². The molecule has 0 radical (unpaired) electrons. The fourth-order valence-electron chi connectivity index (χ4n) is 5.63. The molecule has 3 aromatic rings. The number of ether oxygens (including phenoxy) is 2. The molecule has 0 aromatic heterocycles. The number of carbonyl (C=O) groups excluding carboxylic acids is 2. The number of carbonyl (C=O) groups is 3. The number of nitrogens with one attached hydrogen (secondary N) is 1. The zero-order chi connectivity index (χ0) is 30.2. The first-order valence-electron chi connectivity index (χ1n) is 13.7. The summed E-state index contributed by atoms with van der Waals surface area (Å²) in [5, 5.41) is 14.1. The zero-order valence-electron chi connectivity index (χ0n) is 23.5. The highest BCUT2D eigenvalue weighted by atomic mass is 35.5. The molecule has 5 rings (SSSR count). The Morgan fingerprint density at radius 2 is 1.60 bits per heavy atom. The molecule has 0 unspecified atom stereocenters. The molecule has 1 saturated heterocycles. The lowest BCUT2D eigenvalue weighted by Gasteiger charge is -2.27. The summed E-state index contributed by atoms with van der Waals surface area (Å²) in [6.45, 7) is 4.98. The molecular weight excluding hydrogens is 579 g/mol. The summed E-state index contributed by atoms with van der Waals surface area (Å²) in [7, 11) is 0. The normalized spacial score (nSPS) is 19.7. The Morgan fingerprint density at radius 3 is 2.17 bits per heavy atom. The molecule has 10 heteroatoms. The SMILES string of the molecule is CC(C)(C)OC(=O)[C@H]1C[C@@](NCc2ccc(Cl)c(Cl)c2)(C(=O)O)CN1C(=O)OCC1c2ccccc2-c2ccccc21. The van der Waals surface area contributed by atoms with Crippen molar-refractivity contribution in [1.82, 2.24) is 10.2 Å². The standard InChI is InChI=1S/C32H32Cl2N2O6/c1-31(2,3)42-28(37)27-15-32(29(38)39,35-16-19-12-13-25(33)26(34)14-19)18-36(27)30(40)41-17-24-22-10-6-4-8-20(22)21-9-5-7-11-23(21)24/h4-14,24,27,35H,15-18H2,1-3H3,(H,38,39)/t27-,32+/m1/s1. The van der Waals surface area contributed by atoms with Crippen LogP contribution < -0.4 is 5.32 Å². The molecule has 1 fully saturated rings. The second-order valence-electron chi connectivity index (χ2n) is 11.7. The number of benzene rings is 3. The number of aliphatic carboxylic acids is 1. The van der Waals surface area contributed by atoms with Gasteiger partial charge in [0.15, 0.2) is 0 Å². The number of esters is 1. The van der Waals surface area contributed by atoms with E-state index in [1.54, 1.807) is 39.0 Å². The maximum absolute atomic E-state index is 13.6. The summed E-state index contributed by atoms with van der Waals surface area (Å²) >= 11 is 12.2. The van der Waals surface area contributed by atoms with Gasteiger partial charge in [-0.2, -0.15) is 0 Å². The van der Waals surface area contributed by atoms with Crippen molar-refractivity contribution in [3.05, 3.63) is 93.5 Å². The van der Waals surface area contributed by atoms with Crippen LogP contribution in [0.3, 0.4) is 0 Å². The summed E-state index contributed by atoms with van der Waals surface area (Å²) in [5.74, 6) is -2.10. The van der Waals surface area contributed by atoms with Crippen LogP contribution in [0.2, 0.25) is 10.0 Å². The highest BCUT2D eigenvalue weighted by Gasteiger charge is 2.55. The van der Waals surface area contributed by atoms with E-state index >= 15 is 0 Å². The number of likely N-dealkylation sites (tertiary alicyclic amines) is 1. The summed E-state index contributed by atoms with van der Waals surface area (Å²) in [6.07, 6.45) is -0.991. The Labute approximate surface area is 254 Å². The molecule has 2 aliphatic rings. The van der Waals surface area contributed by atoms with E-state index in [9.17, 15) is 19.5 Å². The fraction of sp³-hybridized carbons (Fsp3) is 0.344. The van der Waals surface area contributed by atoms with E-state index in [1.807, 2.05) is 48.5 Å². The van der Waals surface area contributed by atoms with Gasteiger partial charge in [-0.25, -0.2) is 9.59 Å². The molecule has 0 spiro atoms. The van der Waals surface area contributed by atoms with Gasteiger partial charge >= 0.3 is 18.0 Å². The number of amides is 1. The molecule has 42 heavy (non-hydrogen) atoms. The molecule has 0 bridgehead atoms. The number of rotatable bonds is 7. The highest BCUT2D eigenvalue weighted by molar-refractivity contribution is 6.42.